The zero-order valence-electron chi connectivity index (χ0n) is 8.80. The van der Waals surface area contributed by atoms with E-state index in [9.17, 15) is 4.79 Å². The molecule has 0 aliphatic rings. The van der Waals surface area contributed by atoms with Crippen LogP contribution in [0.1, 0.15) is 13.3 Å². The largest absolute Gasteiger partial charge is 0.466 e. The summed E-state index contributed by atoms with van der Waals surface area (Å²) in [6, 6.07) is 0. The Morgan fingerprint density at radius 3 is 2.62 bits per heavy atom. The summed E-state index contributed by atoms with van der Waals surface area (Å²) >= 11 is 0. The molecule has 0 unspecified atom stereocenters. The highest BCUT2D eigenvalue weighted by Gasteiger charge is 1.99. The topological polar surface area (TPSA) is 41.6 Å². The van der Waals surface area contributed by atoms with Gasteiger partial charge in [0.2, 0.25) is 0 Å². The first-order chi connectivity index (χ1) is 6.16. The monoisotopic (exact) mass is 188 g/mol. The lowest BCUT2D eigenvalue weighted by atomic mass is 10.4. The van der Waals surface area contributed by atoms with Crippen LogP contribution in [0.5, 0.6) is 0 Å². The Bertz CT molecular complexity index is 138. The fourth-order valence-electron chi connectivity index (χ4n) is 0.851. The summed E-state index contributed by atoms with van der Waals surface area (Å²) in [6.45, 7) is 4.88. The molecule has 0 aliphatic heterocycles. The van der Waals surface area contributed by atoms with E-state index in [1.54, 1.807) is 0 Å². The number of hydrogen-bond acceptors (Lipinski definition) is 4. The number of ether oxygens (including phenoxy) is 1. The fourth-order valence-corrected chi connectivity index (χ4v) is 0.851. The van der Waals surface area contributed by atoms with Crippen molar-refractivity contribution in [3.05, 3.63) is 0 Å². The number of carbonyl (C=O) groups is 1. The zero-order chi connectivity index (χ0) is 10.1. The summed E-state index contributed by atoms with van der Waals surface area (Å²) in [6.07, 6.45) is 0.460. The lowest BCUT2D eigenvalue weighted by molar-refractivity contribution is -0.142. The van der Waals surface area contributed by atoms with E-state index in [1.807, 2.05) is 21.0 Å². The molecule has 0 saturated heterocycles. The molecule has 0 bridgehead atoms. The van der Waals surface area contributed by atoms with Crippen LogP contribution in [-0.2, 0) is 9.53 Å². The van der Waals surface area contributed by atoms with Crippen LogP contribution in [0.15, 0.2) is 0 Å². The Kier molecular flexibility index (Phi) is 7.63. The van der Waals surface area contributed by atoms with Gasteiger partial charge in [-0.15, -0.1) is 0 Å². The first-order valence-corrected chi connectivity index (χ1v) is 4.68. The highest BCUT2D eigenvalue weighted by atomic mass is 16.5. The average molecular weight is 188 g/mol. The molecule has 0 amide bonds. The molecular weight excluding hydrogens is 168 g/mol. The molecule has 0 saturated carbocycles. The Labute approximate surface area is 80.2 Å². The molecule has 0 spiro atoms. The van der Waals surface area contributed by atoms with Crippen molar-refractivity contribution in [3.8, 4) is 0 Å². The number of nitrogens with one attached hydrogen (secondary N) is 1. The highest BCUT2D eigenvalue weighted by Crippen LogP contribution is 1.83. The predicted molar refractivity (Wildman–Crippen MR) is 52.7 cm³/mol. The van der Waals surface area contributed by atoms with Crippen molar-refractivity contribution in [2.75, 3.05) is 40.3 Å². The van der Waals surface area contributed by atoms with E-state index in [0.29, 0.717) is 19.6 Å². The number of hydrogen-bond donors (Lipinski definition) is 1. The van der Waals surface area contributed by atoms with Crippen LogP contribution >= 0.6 is 0 Å². The van der Waals surface area contributed by atoms with Gasteiger partial charge >= 0.3 is 5.97 Å². The van der Waals surface area contributed by atoms with Crippen molar-refractivity contribution >= 4 is 5.97 Å². The van der Waals surface area contributed by atoms with Crippen molar-refractivity contribution in [1.82, 2.24) is 10.2 Å². The van der Waals surface area contributed by atoms with Crippen LogP contribution < -0.4 is 5.32 Å². The summed E-state index contributed by atoms with van der Waals surface area (Å²) < 4.78 is 4.78. The second-order valence-electron chi connectivity index (χ2n) is 3.11. The lowest BCUT2D eigenvalue weighted by Crippen LogP contribution is -2.28. The molecule has 0 aromatic carbocycles. The third kappa shape index (κ3) is 9.30. The van der Waals surface area contributed by atoms with Crippen LogP contribution in [0.25, 0.3) is 0 Å². The highest BCUT2D eigenvalue weighted by molar-refractivity contribution is 5.69. The van der Waals surface area contributed by atoms with E-state index in [2.05, 4.69) is 10.2 Å². The SMILES string of the molecule is CCOC(=O)CCNCCN(C)C. The lowest BCUT2D eigenvalue weighted by Gasteiger charge is -2.09. The molecule has 4 nitrogen and oxygen atoms in total. The van der Waals surface area contributed by atoms with Gasteiger partial charge in [0.15, 0.2) is 0 Å². The molecule has 0 fully saturated rings. The van der Waals surface area contributed by atoms with Crippen molar-refractivity contribution in [3.63, 3.8) is 0 Å². The van der Waals surface area contributed by atoms with Crippen molar-refractivity contribution in [2.45, 2.75) is 13.3 Å². The van der Waals surface area contributed by atoms with Crippen molar-refractivity contribution in [1.29, 1.82) is 0 Å². The predicted octanol–water partition coefficient (Wildman–Crippen LogP) is 0.0908. The maximum absolute atomic E-state index is 10.9. The summed E-state index contributed by atoms with van der Waals surface area (Å²) in [5, 5.41) is 3.16. The van der Waals surface area contributed by atoms with Crippen molar-refractivity contribution in [2.24, 2.45) is 0 Å². The molecule has 0 radical (unpaired) electrons. The third-order valence-corrected chi connectivity index (χ3v) is 1.55. The van der Waals surface area contributed by atoms with Gasteiger partial charge in [-0.25, -0.2) is 0 Å². The molecule has 1 N–H and O–H groups in total. The smallest absolute Gasteiger partial charge is 0.307 e. The summed E-state index contributed by atoms with van der Waals surface area (Å²) in [5.74, 6) is -0.125. The van der Waals surface area contributed by atoms with Gasteiger partial charge < -0.3 is 15.0 Å². The number of esters is 1. The van der Waals surface area contributed by atoms with E-state index in [0.717, 1.165) is 13.1 Å². The van der Waals surface area contributed by atoms with Crippen LogP contribution in [0.4, 0.5) is 0 Å². The van der Waals surface area contributed by atoms with Gasteiger partial charge in [-0.3, -0.25) is 4.79 Å². The summed E-state index contributed by atoms with van der Waals surface area (Å²) in [7, 11) is 4.04. The number of likely N-dealkylation sites (N-methyl/N-ethyl adjacent to an activating group) is 1. The first-order valence-electron chi connectivity index (χ1n) is 4.68. The molecule has 4 heteroatoms. The quantitative estimate of drug-likeness (QED) is 0.454. The van der Waals surface area contributed by atoms with Crippen LogP contribution in [-0.4, -0.2) is 51.2 Å². The average Bonchev–Trinajstić information content (AvgIpc) is 2.03. The number of nitrogens with zero attached hydrogens (tertiary/aromatic N) is 1. The Morgan fingerprint density at radius 2 is 2.08 bits per heavy atom. The van der Waals surface area contributed by atoms with Gasteiger partial charge in [0, 0.05) is 19.6 Å². The second-order valence-corrected chi connectivity index (χ2v) is 3.11. The Hall–Kier alpha value is -0.610. The maximum atomic E-state index is 10.9. The van der Waals surface area contributed by atoms with Gasteiger partial charge in [-0.05, 0) is 21.0 Å². The van der Waals surface area contributed by atoms with E-state index in [1.165, 1.54) is 0 Å². The second kappa shape index (κ2) is 8.01. The van der Waals surface area contributed by atoms with Gasteiger partial charge in [-0.2, -0.15) is 0 Å². The molecule has 0 aromatic heterocycles. The fraction of sp³-hybridized carbons (Fsp3) is 0.889. The number of rotatable bonds is 7. The van der Waals surface area contributed by atoms with E-state index in [-0.39, 0.29) is 5.97 Å². The van der Waals surface area contributed by atoms with Gasteiger partial charge in [-0.1, -0.05) is 0 Å². The minimum atomic E-state index is -0.125. The first kappa shape index (κ1) is 12.4. The minimum absolute atomic E-state index is 0.125. The standard InChI is InChI=1S/C9H20N2O2/c1-4-13-9(12)5-6-10-7-8-11(2)3/h10H,4-8H2,1-3H3. The molecule has 0 aliphatic carbocycles. The summed E-state index contributed by atoms with van der Waals surface area (Å²) in [5.41, 5.74) is 0. The molecule has 78 valence electrons. The number of carbonyl (C=O) groups excluding carboxylic acids is 1. The maximum Gasteiger partial charge on any atom is 0.307 e. The molecule has 0 aromatic rings. The zero-order valence-corrected chi connectivity index (χ0v) is 8.80. The van der Waals surface area contributed by atoms with Gasteiger partial charge in [0.1, 0.15) is 0 Å². The summed E-state index contributed by atoms with van der Waals surface area (Å²) in [4.78, 5) is 13.0. The Morgan fingerprint density at radius 1 is 1.38 bits per heavy atom. The van der Waals surface area contributed by atoms with Crippen LogP contribution in [0.2, 0.25) is 0 Å². The molecular formula is C9H20N2O2. The minimum Gasteiger partial charge on any atom is -0.466 e. The normalized spacial score (nSPS) is 10.5. The van der Waals surface area contributed by atoms with E-state index < -0.39 is 0 Å². The third-order valence-electron chi connectivity index (χ3n) is 1.55. The van der Waals surface area contributed by atoms with Gasteiger partial charge in [0.25, 0.3) is 0 Å². The molecule has 0 rings (SSSR count). The molecule has 13 heavy (non-hydrogen) atoms. The Balaban J connectivity index is 3.11. The molecule has 0 heterocycles. The van der Waals surface area contributed by atoms with Crippen LogP contribution in [0, 0.1) is 0 Å². The van der Waals surface area contributed by atoms with Crippen molar-refractivity contribution < 1.29 is 9.53 Å². The van der Waals surface area contributed by atoms with Gasteiger partial charge in [0.05, 0.1) is 13.0 Å². The molecule has 0 atom stereocenters. The van der Waals surface area contributed by atoms with Crippen LogP contribution in [0.3, 0.4) is 0 Å². The van der Waals surface area contributed by atoms with E-state index >= 15 is 0 Å². The van der Waals surface area contributed by atoms with E-state index in [4.69, 9.17) is 4.74 Å².